The second-order valence-corrected chi connectivity index (χ2v) is 31.1. The highest BCUT2D eigenvalue weighted by Gasteiger charge is 2.51. The third kappa shape index (κ3) is 9.19. The number of hydrogen-bond acceptors (Lipinski definition) is 5. The Morgan fingerprint density at radius 1 is 0.264 bits per heavy atom. The highest BCUT2D eigenvalue weighted by Crippen LogP contribution is 2.57. The maximum absolute atomic E-state index is 7.40. The van der Waals surface area contributed by atoms with E-state index >= 15 is 0 Å². The molecule has 502 valence electrons. The van der Waals surface area contributed by atoms with Crippen molar-refractivity contribution in [3.8, 4) is 39.1 Å². The Morgan fingerprint density at radius 3 is 1.28 bits per heavy atom. The number of nitrogens with zero attached hydrogens (tertiary/aromatic N) is 5. The molecule has 0 fully saturated rings. The number of hydrogen-bond donors (Lipinski definition) is 0. The summed E-state index contributed by atoms with van der Waals surface area (Å²) in [4.78, 5) is 10.5. The quantitative estimate of drug-likeness (QED) is 0.142. The predicted octanol–water partition coefficient (Wildman–Crippen LogP) is 22.4. The van der Waals surface area contributed by atoms with Crippen LogP contribution >= 0.6 is 0 Å². The topological polar surface area (TPSA) is 31.0 Å². The van der Waals surface area contributed by atoms with Crippen LogP contribution in [0, 0.1) is 0 Å². The van der Waals surface area contributed by atoms with Gasteiger partial charge in [0.1, 0.15) is 11.2 Å². The van der Waals surface area contributed by atoms with Gasteiger partial charge in [-0.2, -0.15) is 0 Å². The van der Waals surface area contributed by atoms with E-state index in [-0.39, 0.29) is 24.3 Å². The minimum atomic E-state index is -0.277. The smallest absolute Gasteiger partial charge is 0.252 e. The first kappa shape index (κ1) is 61.9. The summed E-state index contributed by atoms with van der Waals surface area (Å²) in [6.07, 6.45) is 0. The van der Waals surface area contributed by atoms with E-state index in [0.29, 0.717) is 0 Å². The molecule has 4 aliphatic heterocycles. The lowest BCUT2D eigenvalue weighted by molar-refractivity contribution is 0.590. The zero-order valence-corrected chi connectivity index (χ0v) is 60.1. The van der Waals surface area contributed by atoms with Gasteiger partial charge in [-0.15, -0.1) is 0 Å². The van der Waals surface area contributed by atoms with Crippen molar-refractivity contribution in [1.29, 1.82) is 0 Å². The van der Waals surface area contributed by atoms with Gasteiger partial charge < -0.3 is 28.6 Å². The maximum Gasteiger partial charge on any atom is 0.252 e. The van der Waals surface area contributed by atoms with Gasteiger partial charge in [0, 0.05) is 90.1 Å². The lowest BCUT2D eigenvalue weighted by Crippen LogP contribution is -2.65. The van der Waals surface area contributed by atoms with E-state index in [1.807, 2.05) is 0 Å². The Balaban J connectivity index is 0.966. The normalized spacial score (nSPS) is 13.5. The Bertz CT molecular complexity index is 6360. The molecule has 0 radical (unpaired) electrons. The summed E-state index contributed by atoms with van der Waals surface area (Å²) in [5, 5.41) is 4.57. The van der Waals surface area contributed by atoms with Crippen LogP contribution in [0.5, 0.6) is 0 Å². The molecule has 0 N–H and O–H groups in total. The lowest BCUT2D eigenvalue weighted by atomic mass is 9.30. The summed E-state index contributed by atoms with van der Waals surface area (Å²) in [5.41, 5.74) is 35.0. The van der Waals surface area contributed by atoms with E-state index in [0.717, 1.165) is 135 Å². The Morgan fingerprint density at radius 2 is 0.708 bits per heavy atom. The summed E-state index contributed by atoms with van der Waals surface area (Å²) in [6.45, 7) is 13.3. The van der Waals surface area contributed by atoms with Gasteiger partial charge in [0.2, 0.25) is 0 Å². The van der Waals surface area contributed by atoms with Crippen molar-refractivity contribution in [2.75, 3.05) is 19.6 Å². The summed E-state index contributed by atoms with van der Waals surface area (Å²) in [6, 6.07) is 126. The largest absolute Gasteiger partial charge is 0.456 e. The summed E-state index contributed by atoms with van der Waals surface area (Å²) >= 11 is 0. The van der Waals surface area contributed by atoms with Crippen molar-refractivity contribution in [2.24, 2.45) is 0 Å². The van der Waals surface area contributed by atoms with Crippen LogP contribution in [0.25, 0.3) is 82.8 Å². The summed E-state index contributed by atoms with van der Waals surface area (Å²) < 4.78 is 9.91. The lowest BCUT2D eigenvalue weighted by Gasteiger charge is -2.48. The van der Waals surface area contributed by atoms with Crippen LogP contribution < -0.4 is 52.4 Å². The fourth-order valence-electron chi connectivity index (χ4n) is 18.3. The number of anilines is 12. The summed E-state index contributed by atoms with van der Waals surface area (Å²) in [5.74, 6) is 0. The zero-order chi connectivity index (χ0) is 70.8. The molecule has 106 heavy (non-hydrogen) atoms. The molecule has 0 saturated carbocycles. The van der Waals surface area contributed by atoms with Crippen LogP contribution in [0.1, 0.15) is 52.7 Å². The maximum atomic E-state index is 7.40. The molecule has 0 saturated heterocycles. The van der Waals surface area contributed by atoms with Crippen molar-refractivity contribution < 1.29 is 4.42 Å². The van der Waals surface area contributed by atoms with E-state index in [2.05, 4.69) is 399 Å². The van der Waals surface area contributed by atoms with E-state index in [4.69, 9.17) is 4.42 Å². The van der Waals surface area contributed by atoms with E-state index < -0.39 is 0 Å². The SMILES string of the molecule is CC(C)(C)c1ccc(-c2cccc(-c3ccc(C(C)(C)C)cc3)c2N2c3cc4c(cc3B3c5ccccc5N(c5ccccc5)c5c3c2cc2oc3ccccc3c52)B2c3ccccc3N(c3ccccc3)c3c2c(cc2c3c3ccccc3n2-c2ccccc2)N4c2ccccc2-c2ccccc2)cc1. The van der Waals surface area contributed by atoms with E-state index in [1.165, 1.54) is 60.4 Å². The number of benzene rings is 15. The first-order valence-corrected chi connectivity index (χ1v) is 37.2. The van der Waals surface area contributed by atoms with Crippen LogP contribution in [0.15, 0.2) is 338 Å². The Kier molecular flexibility index (Phi) is 13.6. The number of aromatic nitrogens is 1. The molecule has 0 unspecified atom stereocenters. The second-order valence-electron chi connectivity index (χ2n) is 31.1. The molecular weight excluding hydrogens is 1280 g/mol. The highest BCUT2D eigenvalue weighted by molar-refractivity contribution is 7.03. The molecule has 2 aromatic heterocycles. The Hall–Kier alpha value is -12.8. The standard InChI is InChI=1S/C98H73B2N5O/c1-97(2,3)65-54-50-63(51-55-65)71-41-29-42-72(64-52-56-66(57-53-64)98(4,5)6)94(71)105-84-59-83-77(58-78(84)100-76-44-23-27-48-82(76)103(69-36-17-10-18-37-69)96-91-74-40-21-28-49-88(74)106-89(91)61-87(105)93(96)100)99-75-43-22-26-47-81(75)102(68-34-15-9-16-35-68)95-90-73-39-20-25-46-80(73)101(67-32-13-8-14-33-67)85(90)60-86(92(95)99)104(83)79-45-24-19-38-70(79)62-30-11-7-12-31-62/h7-61H,1-6H3. The number of fused-ring (bicyclic) bond motifs is 16. The molecule has 0 aliphatic carbocycles. The summed E-state index contributed by atoms with van der Waals surface area (Å²) in [7, 11) is 0. The third-order valence-electron chi connectivity index (χ3n) is 23.0. The van der Waals surface area contributed by atoms with Gasteiger partial charge in [-0.05, 0) is 150 Å². The van der Waals surface area contributed by atoms with Gasteiger partial charge in [-0.25, -0.2) is 0 Å². The highest BCUT2D eigenvalue weighted by atomic mass is 16.3. The van der Waals surface area contributed by atoms with Gasteiger partial charge >= 0.3 is 0 Å². The molecule has 8 heteroatoms. The minimum Gasteiger partial charge on any atom is -0.456 e. The van der Waals surface area contributed by atoms with Gasteiger partial charge in [0.15, 0.2) is 0 Å². The molecule has 6 heterocycles. The van der Waals surface area contributed by atoms with Gasteiger partial charge in [-0.1, -0.05) is 290 Å². The minimum absolute atomic E-state index is 0.0626. The molecule has 15 aromatic carbocycles. The van der Waals surface area contributed by atoms with Crippen molar-refractivity contribution in [2.45, 2.75) is 52.4 Å². The first-order valence-electron chi connectivity index (χ1n) is 37.2. The molecule has 21 rings (SSSR count). The zero-order valence-electron chi connectivity index (χ0n) is 60.1. The van der Waals surface area contributed by atoms with Crippen molar-refractivity contribution in [1.82, 2.24) is 4.57 Å². The number of para-hydroxylation sites is 9. The van der Waals surface area contributed by atoms with Crippen molar-refractivity contribution in [3.05, 3.63) is 345 Å². The number of rotatable bonds is 8. The van der Waals surface area contributed by atoms with Gasteiger partial charge in [0.25, 0.3) is 13.4 Å². The van der Waals surface area contributed by atoms with Crippen molar-refractivity contribution in [3.63, 3.8) is 0 Å². The molecule has 0 bridgehead atoms. The predicted molar refractivity (Wildman–Crippen MR) is 450 cm³/mol. The monoisotopic (exact) mass is 1360 g/mol. The molecule has 0 atom stereocenters. The fourth-order valence-corrected chi connectivity index (χ4v) is 18.3. The van der Waals surface area contributed by atoms with E-state index in [9.17, 15) is 0 Å². The molecule has 4 aliphatic rings. The average Bonchev–Trinajstić information content (AvgIpc) is 1.19. The number of furan rings is 1. The molecule has 17 aromatic rings. The molecule has 0 amide bonds. The van der Waals surface area contributed by atoms with Crippen LogP contribution in [0.3, 0.4) is 0 Å². The van der Waals surface area contributed by atoms with Gasteiger partial charge in [-0.3, -0.25) is 0 Å². The van der Waals surface area contributed by atoms with E-state index in [1.54, 1.807) is 0 Å². The van der Waals surface area contributed by atoms with Crippen LogP contribution in [-0.4, -0.2) is 18.0 Å². The average molecular weight is 1360 g/mol. The molecule has 0 spiro atoms. The molecular formula is C98H73B2N5O. The van der Waals surface area contributed by atoms with Crippen LogP contribution in [0.2, 0.25) is 0 Å². The van der Waals surface area contributed by atoms with Crippen molar-refractivity contribution >= 4 is 158 Å². The van der Waals surface area contributed by atoms with Crippen LogP contribution in [-0.2, 0) is 10.8 Å². The first-order chi connectivity index (χ1) is 51.9. The third-order valence-corrected chi connectivity index (χ3v) is 23.0. The Labute approximate surface area is 619 Å². The molecule has 6 nitrogen and oxygen atoms in total. The second kappa shape index (κ2) is 23.4. The fraction of sp³-hybridized carbons (Fsp3) is 0.0816. The van der Waals surface area contributed by atoms with Gasteiger partial charge in [0.05, 0.1) is 39.2 Å². The van der Waals surface area contributed by atoms with Crippen LogP contribution in [0.4, 0.5) is 68.2 Å².